The molecule has 0 bridgehead atoms. The van der Waals surface area contributed by atoms with E-state index in [-0.39, 0.29) is 11.8 Å². The summed E-state index contributed by atoms with van der Waals surface area (Å²) in [4.78, 5) is 11.5. The third-order valence-electron chi connectivity index (χ3n) is 3.18. The fourth-order valence-electron chi connectivity index (χ4n) is 2.34. The number of nitrogens with two attached hydrogens (primary N) is 1. The summed E-state index contributed by atoms with van der Waals surface area (Å²) in [5.74, 6) is -0.435. The second kappa shape index (κ2) is 5.14. The highest BCUT2D eigenvalue weighted by molar-refractivity contribution is 7.89. The molecular weight excluding hydrogens is 228 g/mol. The highest BCUT2D eigenvalue weighted by atomic mass is 32.2. The number of carbonyl (C=O) groups is 1. The predicted molar refractivity (Wildman–Crippen MR) is 62.2 cm³/mol. The quantitative estimate of drug-likeness (QED) is 0.752. The third kappa shape index (κ3) is 4.09. The van der Waals surface area contributed by atoms with Crippen molar-refractivity contribution in [1.82, 2.24) is 4.72 Å². The van der Waals surface area contributed by atoms with E-state index in [1.807, 2.05) is 4.72 Å². The second-order valence-electron chi connectivity index (χ2n) is 4.74. The Balaban J connectivity index is 2.59. The van der Waals surface area contributed by atoms with Gasteiger partial charge in [0.1, 0.15) is 0 Å². The van der Waals surface area contributed by atoms with Crippen LogP contribution in [0, 0.1) is 5.41 Å². The Labute approximate surface area is 96.8 Å². The lowest BCUT2D eigenvalue weighted by atomic mass is 9.72. The summed E-state index contributed by atoms with van der Waals surface area (Å²) in [5.41, 5.74) is 5.53. The fourth-order valence-corrected chi connectivity index (χ4v) is 2.82. The highest BCUT2D eigenvalue weighted by Gasteiger charge is 2.33. The second-order valence-corrected chi connectivity index (χ2v) is 6.49. The van der Waals surface area contributed by atoms with Gasteiger partial charge in [0.05, 0.1) is 6.26 Å². The zero-order chi connectivity index (χ0) is 12.2. The first-order chi connectivity index (χ1) is 7.37. The van der Waals surface area contributed by atoms with E-state index in [0.29, 0.717) is 6.54 Å². The molecule has 1 aliphatic carbocycles. The van der Waals surface area contributed by atoms with E-state index in [2.05, 4.69) is 0 Å². The van der Waals surface area contributed by atoms with Crippen molar-refractivity contribution in [2.24, 2.45) is 11.1 Å². The average Bonchev–Trinajstić information content (AvgIpc) is 2.16. The van der Waals surface area contributed by atoms with Gasteiger partial charge >= 0.3 is 0 Å². The van der Waals surface area contributed by atoms with Gasteiger partial charge in [-0.15, -0.1) is 0 Å². The van der Waals surface area contributed by atoms with Gasteiger partial charge in [0.15, 0.2) is 0 Å². The Morgan fingerprint density at radius 3 is 2.31 bits per heavy atom. The van der Waals surface area contributed by atoms with Crippen molar-refractivity contribution in [2.75, 3.05) is 12.8 Å². The van der Waals surface area contributed by atoms with Gasteiger partial charge < -0.3 is 5.73 Å². The number of hydrogen-bond donors (Lipinski definition) is 2. The van der Waals surface area contributed by atoms with Crippen LogP contribution in [-0.4, -0.2) is 27.1 Å². The van der Waals surface area contributed by atoms with Gasteiger partial charge in [0.25, 0.3) is 0 Å². The normalized spacial score (nSPS) is 20.4. The van der Waals surface area contributed by atoms with Crippen LogP contribution in [-0.2, 0) is 14.8 Å². The molecule has 1 rings (SSSR count). The monoisotopic (exact) mass is 248 g/mol. The van der Waals surface area contributed by atoms with E-state index in [0.717, 1.165) is 31.9 Å². The first-order valence-corrected chi connectivity index (χ1v) is 7.47. The van der Waals surface area contributed by atoms with Crippen molar-refractivity contribution in [2.45, 2.75) is 38.5 Å². The summed E-state index contributed by atoms with van der Waals surface area (Å²) in [6.45, 7) is 0.449. The van der Waals surface area contributed by atoms with Crippen molar-refractivity contribution < 1.29 is 13.2 Å². The molecule has 3 N–H and O–H groups in total. The van der Waals surface area contributed by atoms with E-state index in [4.69, 9.17) is 5.73 Å². The zero-order valence-electron chi connectivity index (χ0n) is 9.66. The van der Waals surface area contributed by atoms with Crippen LogP contribution in [0.1, 0.15) is 38.5 Å². The summed E-state index contributed by atoms with van der Waals surface area (Å²) >= 11 is 0. The van der Waals surface area contributed by atoms with Gasteiger partial charge in [-0.3, -0.25) is 9.52 Å². The molecule has 0 aromatic carbocycles. The van der Waals surface area contributed by atoms with Crippen LogP contribution < -0.4 is 10.5 Å². The number of sulfonamides is 1. The van der Waals surface area contributed by atoms with E-state index < -0.39 is 15.9 Å². The van der Waals surface area contributed by atoms with Crippen molar-refractivity contribution >= 4 is 15.9 Å². The summed E-state index contributed by atoms with van der Waals surface area (Å²) in [6.07, 6.45) is 6.36. The summed E-state index contributed by atoms with van der Waals surface area (Å²) in [5, 5.41) is 0. The molecule has 0 aliphatic heterocycles. The van der Waals surface area contributed by atoms with Crippen molar-refractivity contribution in [3.8, 4) is 0 Å². The molecule has 0 heterocycles. The van der Waals surface area contributed by atoms with Crippen LogP contribution in [0.25, 0.3) is 0 Å². The molecule has 1 amide bonds. The van der Waals surface area contributed by atoms with Crippen LogP contribution in [0.5, 0.6) is 0 Å². The van der Waals surface area contributed by atoms with Crippen LogP contribution in [0.3, 0.4) is 0 Å². The Kier molecular flexibility index (Phi) is 4.32. The molecule has 0 saturated heterocycles. The maximum atomic E-state index is 11.5. The van der Waals surface area contributed by atoms with E-state index in [1.165, 1.54) is 6.42 Å². The number of hydrogen-bond acceptors (Lipinski definition) is 4. The Hall–Kier alpha value is -0.620. The summed E-state index contributed by atoms with van der Waals surface area (Å²) in [7, 11) is -3.45. The molecule has 0 aromatic heterocycles. The Morgan fingerprint density at radius 2 is 1.88 bits per heavy atom. The molecule has 1 saturated carbocycles. The molecule has 16 heavy (non-hydrogen) atoms. The van der Waals surface area contributed by atoms with Gasteiger partial charge in [-0.2, -0.15) is 0 Å². The largest absolute Gasteiger partial charge is 0.330 e. The molecule has 0 aromatic rings. The number of amides is 1. The SMILES string of the molecule is CS(=O)(=O)NC(=O)CC1(CN)CCCCC1. The van der Waals surface area contributed by atoms with Gasteiger partial charge in [0, 0.05) is 6.42 Å². The lowest BCUT2D eigenvalue weighted by molar-refractivity contribution is -0.122. The molecule has 94 valence electrons. The maximum Gasteiger partial charge on any atom is 0.234 e. The topological polar surface area (TPSA) is 89.3 Å². The fraction of sp³-hybridized carbons (Fsp3) is 0.900. The van der Waals surface area contributed by atoms with Crippen molar-refractivity contribution in [3.05, 3.63) is 0 Å². The van der Waals surface area contributed by atoms with Crippen LogP contribution in [0.4, 0.5) is 0 Å². The molecule has 5 nitrogen and oxygen atoms in total. The minimum atomic E-state index is -3.45. The predicted octanol–water partition coefficient (Wildman–Crippen LogP) is 0.361. The zero-order valence-corrected chi connectivity index (χ0v) is 10.5. The van der Waals surface area contributed by atoms with Crippen molar-refractivity contribution in [3.63, 3.8) is 0 Å². The Bertz CT molecular complexity index is 345. The smallest absolute Gasteiger partial charge is 0.234 e. The van der Waals surface area contributed by atoms with Crippen LogP contribution >= 0.6 is 0 Å². The van der Waals surface area contributed by atoms with E-state index in [1.54, 1.807) is 0 Å². The molecule has 0 spiro atoms. The Morgan fingerprint density at radius 1 is 1.31 bits per heavy atom. The third-order valence-corrected chi connectivity index (χ3v) is 3.78. The van der Waals surface area contributed by atoms with E-state index in [9.17, 15) is 13.2 Å². The van der Waals surface area contributed by atoms with Crippen molar-refractivity contribution in [1.29, 1.82) is 0 Å². The lowest BCUT2D eigenvalue weighted by Gasteiger charge is -2.35. The maximum absolute atomic E-state index is 11.5. The summed E-state index contributed by atoms with van der Waals surface area (Å²) in [6, 6.07) is 0. The molecule has 0 unspecified atom stereocenters. The molecule has 0 radical (unpaired) electrons. The minimum Gasteiger partial charge on any atom is -0.330 e. The molecule has 1 fully saturated rings. The van der Waals surface area contributed by atoms with Gasteiger partial charge in [-0.25, -0.2) is 8.42 Å². The average molecular weight is 248 g/mol. The summed E-state index contributed by atoms with van der Waals surface area (Å²) < 4.78 is 23.8. The van der Waals surface area contributed by atoms with Crippen LogP contribution in [0.15, 0.2) is 0 Å². The lowest BCUT2D eigenvalue weighted by Crippen LogP contribution is -2.40. The minimum absolute atomic E-state index is 0.187. The molecule has 1 aliphatic rings. The number of carbonyl (C=O) groups excluding carboxylic acids is 1. The van der Waals surface area contributed by atoms with Crippen LogP contribution in [0.2, 0.25) is 0 Å². The van der Waals surface area contributed by atoms with Gasteiger partial charge in [-0.05, 0) is 24.8 Å². The molecular formula is C10H20N2O3S. The molecule has 0 atom stereocenters. The first kappa shape index (κ1) is 13.4. The van der Waals surface area contributed by atoms with E-state index >= 15 is 0 Å². The van der Waals surface area contributed by atoms with Gasteiger partial charge in [0.2, 0.25) is 15.9 Å². The molecule has 6 heteroatoms. The number of rotatable bonds is 4. The number of nitrogens with one attached hydrogen (secondary N) is 1. The first-order valence-electron chi connectivity index (χ1n) is 5.58. The highest BCUT2D eigenvalue weighted by Crippen LogP contribution is 2.38. The standard InChI is InChI=1S/C10H20N2O3S/c1-16(14,15)12-9(13)7-10(8-11)5-3-2-4-6-10/h2-8,11H2,1H3,(H,12,13). The van der Waals surface area contributed by atoms with Gasteiger partial charge in [-0.1, -0.05) is 19.3 Å².